The van der Waals surface area contributed by atoms with Crippen molar-refractivity contribution in [2.45, 2.75) is 37.6 Å². The monoisotopic (exact) mass is 377 g/mol. The summed E-state index contributed by atoms with van der Waals surface area (Å²) in [5.41, 5.74) is 3.08. The maximum atomic E-state index is 12.9. The SMILES string of the molecule is CC(C)(C)c1nc(SCC(=O)N2CCc3ccccc32)c2ccccc2n1. The summed E-state index contributed by atoms with van der Waals surface area (Å²) in [7, 11) is 0. The van der Waals surface area contributed by atoms with Crippen molar-refractivity contribution in [3.63, 3.8) is 0 Å². The van der Waals surface area contributed by atoms with Gasteiger partial charge in [0.15, 0.2) is 0 Å². The topological polar surface area (TPSA) is 46.1 Å². The van der Waals surface area contributed by atoms with Crippen LogP contribution in [0.2, 0.25) is 0 Å². The Bertz CT molecular complexity index is 1010. The Hall–Kier alpha value is -2.40. The van der Waals surface area contributed by atoms with Crippen LogP contribution in [0, 0.1) is 0 Å². The molecule has 0 unspecified atom stereocenters. The molecule has 5 heteroatoms. The zero-order chi connectivity index (χ0) is 19.0. The molecule has 3 aromatic rings. The van der Waals surface area contributed by atoms with Crippen molar-refractivity contribution < 1.29 is 4.79 Å². The molecule has 27 heavy (non-hydrogen) atoms. The molecule has 4 nitrogen and oxygen atoms in total. The summed E-state index contributed by atoms with van der Waals surface area (Å²) in [6.07, 6.45) is 0.928. The summed E-state index contributed by atoms with van der Waals surface area (Å²) >= 11 is 1.51. The Morgan fingerprint density at radius 3 is 2.63 bits per heavy atom. The Balaban J connectivity index is 1.60. The minimum Gasteiger partial charge on any atom is -0.311 e. The fraction of sp³-hybridized carbons (Fsp3) is 0.318. The zero-order valence-electron chi connectivity index (χ0n) is 15.9. The number of hydrogen-bond donors (Lipinski definition) is 0. The number of nitrogens with zero attached hydrogens (tertiary/aromatic N) is 3. The first-order valence-electron chi connectivity index (χ1n) is 9.22. The molecule has 1 amide bonds. The first kappa shape index (κ1) is 18.0. The van der Waals surface area contributed by atoms with E-state index < -0.39 is 0 Å². The third-order valence-corrected chi connectivity index (χ3v) is 5.74. The van der Waals surface area contributed by atoms with Gasteiger partial charge in [0.1, 0.15) is 10.9 Å². The highest BCUT2D eigenvalue weighted by Crippen LogP contribution is 2.31. The van der Waals surface area contributed by atoms with E-state index in [1.54, 1.807) is 0 Å². The number of aromatic nitrogens is 2. The number of para-hydroxylation sites is 2. The first-order chi connectivity index (χ1) is 12.9. The van der Waals surface area contributed by atoms with Crippen molar-refractivity contribution in [3.05, 3.63) is 59.9 Å². The molecule has 4 rings (SSSR count). The van der Waals surface area contributed by atoms with Crippen LogP contribution in [0.5, 0.6) is 0 Å². The summed E-state index contributed by atoms with van der Waals surface area (Å²) in [6, 6.07) is 16.2. The highest BCUT2D eigenvalue weighted by molar-refractivity contribution is 8.00. The van der Waals surface area contributed by atoms with E-state index in [9.17, 15) is 4.79 Å². The Labute approximate surface area is 164 Å². The van der Waals surface area contributed by atoms with Crippen LogP contribution in [-0.2, 0) is 16.6 Å². The number of carbonyl (C=O) groups is 1. The minimum absolute atomic E-state index is 0.130. The van der Waals surface area contributed by atoms with Gasteiger partial charge in [0.2, 0.25) is 5.91 Å². The van der Waals surface area contributed by atoms with Gasteiger partial charge < -0.3 is 4.90 Å². The van der Waals surface area contributed by atoms with Gasteiger partial charge in [-0.25, -0.2) is 9.97 Å². The van der Waals surface area contributed by atoms with Gasteiger partial charge in [0.25, 0.3) is 0 Å². The second-order valence-corrected chi connectivity index (χ2v) is 8.80. The van der Waals surface area contributed by atoms with Crippen molar-refractivity contribution in [2.75, 3.05) is 17.2 Å². The Kier molecular flexibility index (Phi) is 4.64. The summed E-state index contributed by atoms with van der Waals surface area (Å²) < 4.78 is 0. The zero-order valence-corrected chi connectivity index (χ0v) is 16.7. The van der Waals surface area contributed by atoms with Crippen LogP contribution in [0.4, 0.5) is 5.69 Å². The van der Waals surface area contributed by atoms with E-state index in [0.717, 1.165) is 40.4 Å². The summed E-state index contributed by atoms with van der Waals surface area (Å²) in [6.45, 7) is 7.09. The van der Waals surface area contributed by atoms with Crippen LogP contribution in [0.25, 0.3) is 10.9 Å². The van der Waals surface area contributed by atoms with Crippen molar-refractivity contribution >= 4 is 34.3 Å². The second kappa shape index (κ2) is 6.97. The minimum atomic E-state index is -0.142. The van der Waals surface area contributed by atoms with Gasteiger partial charge in [0.05, 0.1) is 11.3 Å². The number of carbonyl (C=O) groups excluding carboxylic acids is 1. The molecule has 1 aliphatic rings. The largest absolute Gasteiger partial charge is 0.311 e. The molecule has 0 saturated heterocycles. The van der Waals surface area contributed by atoms with E-state index in [2.05, 4.69) is 26.8 Å². The quantitative estimate of drug-likeness (QED) is 0.494. The number of benzene rings is 2. The fourth-order valence-electron chi connectivity index (χ4n) is 3.30. The molecular weight excluding hydrogens is 354 g/mol. The third-order valence-electron chi connectivity index (χ3n) is 4.76. The van der Waals surface area contributed by atoms with Crippen LogP contribution in [0.15, 0.2) is 53.6 Å². The van der Waals surface area contributed by atoms with Gasteiger partial charge in [-0.05, 0) is 24.1 Å². The summed E-state index contributed by atoms with van der Waals surface area (Å²) in [5.74, 6) is 1.31. The van der Waals surface area contributed by atoms with E-state index in [4.69, 9.17) is 9.97 Å². The molecule has 0 spiro atoms. The lowest BCUT2D eigenvalue weighted by molar-refractivity contribution is -0.116. The number of fused-ring (bicyclic) bond motifs is 2. The van der Waals surface area contributed by atoms with E-state index in [1.165, 1.54) is 17.3 Å². The lowest BCUT2D eigenvalue weighted by Gasteiger charge is -2.19. The van der Waals surface area contributed by atoms with Crippen LogP contribution < -0.4 is 4.90 Å². The molecule has 0 N–H and O–H groups in total. The van der Waals surface area contributed by atoms with Gasteiger partial charge in [-0.2, -0.15) is 0 Å². The summed E-state index contributed by atoms with van der Waals surface area (Å²) in [4.78, 5) is 24.3. The first-order valence-corrected chi connectivity index (χ1v) is 10.2. The third kappa shape index (κ3) is 3.56. The predicted molar refractivity (Wildman–Crippen MR) is 111 cm³/mol. The maximum absolute atomic E-state index is 12.9. The average Bonchev–Trinajstić information content (AvgIpc) is 3.09. The second-order valence-electron chi connectivity index (χ2n) is 7.83. The van der Waals surface area contributed by atoms with Crippen LogP contribution in [0.3, 0.4) is 0 Å². The van der Waals surface area contributed by atoms with E-state index in [1.807, 2.05) is 47.4 Å². The van der Waals surface area contributed by atoms with Crippen molar-refractivity contribution in [1.82, 2.24) is 9.97 Å². The fourth-order valence-corrected chi connectivity index (χ4v) is 4.19. The molecule has 1 aliphatic heterocycles. The molecule has 0 bridgehead atoms. The maximum Gasteiger partial charge on any atom is 0.237 e. The van der Waals surface area contributed by atoms with Crippen molar-refractivity contribution in [2.24, 2.45) is 0 Å². The van der Waals surface area contributed by atoms with Gasteiger partial charge in [-0.1, -0.05) is 68.9 Å². The molecule has 2 heterocycles. The molecule has 0 aliphatic carbocycles. The Morgan fingerprint density at radius 1 is 1.07 bits per heavy atom. The lowest BCUT2D eigenvalue weighted by Crippen LogP contribution is -2.30. The van der Waals surface area contributed by atoms with Gasteiger partial charge in [0, 0.05) is 23.0 Å². The van der Waals surface area contributed by atoms with Crippen LogP contribution in [-0.4, -0.2) is 28.2 Å². The normalized spacial score (nSPS) is 13.8. The molecule has 0 fully saturated rings. The number of amides is 1. The smallest absolute Gasteiger partial charge is 0.237 e. The van der Waals surface area contributed by atoms with E-state index in [-0.39, 0.29) is 11.3 Å². The average molecular weight is 378 g/mol. The molecule has 1 aromatic heterocycles. The number of rotatable bonds is 3. The highest BCUT2D eigenvalue weighted by Gasteiger charge is 2.25. The van der Waals surface area contributed by atoms with Crippen molar-refractivity contribution in [1.29, 1.82) is 0 Å². The van der Waals surface area contributed by atoms with Gasteiger partial charge in [-0.15, -0.1) is 0 Å². The highest BCUT2D eigenvalue weighted by atomic mass is 32.2. The summed E-state index contributed by atoms with van der Waals surface area (Å²) in [5, 5.41) is 1.89. The number of anilines is 1. The van der Waals surface area contributed by atoms with Crippen LogP contribution >= 0.6 is 11.8 Å². The van der Waals surface area contributed by atoms with E-state index >= 15 is 0 Å². The molecule has 138 valence electrons. The molecule has 2 aromatic carbocycles. The molecule has 0 atom stereocenters. The van der Waals surface area contributed by atoms with Crippen LogP contribution in [0.1, 0.15) is 32.2 Å². The van der Waals surface area contributed by atoms with Gasteiger partial charge >= 0.3 is 0 Å². The molecule has 0 saturated carbocycles. The molecular formula is C22H23N3OS. The number of hydrogen-bond acceptors (Lipinski definition) is 4. The molecule has 0 radical (unpaired) electrons. The van der Waals surface area contributed by atoms with E-state index in [0.29, 0.717) is 5.75 Å². The Morgan fingerprint density at radius 2 is 1.81 bits per heavy atom. The predicted octanol–water partition coefficient (Wildman–Crippen LogP) is 4.61. The lowest BCUT2D eigenvalue weighted by atomic mass is 9.95. The van der Waals surface area contributed by atoms with Crippen molar-refractivity contribution in [3.8, 4) is 0 Å². The standard InChI is InChI=1S/C22H23N3OS/c1-22(2,3)21-23-17-10-6-5-9-16(17)20(24-21)27-14-19(26)25-13-12-15-8-4-7-11-18(15)25/h4-11H,12-14H2,1-3H3. The van der Waals surface area contributed by atoms with Gasteiger partial charge in [-0.3, -0.25) is 4.79 Å². The number of thioether (sulfide) groups is 1.